The number of carboxylic acids is 1. The van der Waals surface area contributed by atoms with Gasteiger partial charge in [0.2, 0.25) is 0 Å². The van der Waals surface area contributed by atoms with E-state index in [1.807, 2.05) is 30.3 Å². The van der Waals surface area contributed by atoms with E-state index < -0.39 is 5.97 Å². The van der Waals surface area contributed by atoms with E-state index >= 15 is 0 Å². The summed E-state index contributed by atoms with van der Waals surface area (Å²) in [5.41, 5.74) is 1.99. The van der Waals surface area contributed by atoms with Gasteiger partial charge in [0.1, 0.15) is 0 Å². The first-order valence-electron chi connectivity index (χ1n) is 6.63. The monoisotopic (exact) mass is 257 g/mol. The Morgan fingerprint density at radius 3 is 2.74 bits per heavy atom. The van der Waals surface area contributed by atoms with Crippen LogP contribution in [-0.2, 0) is 11.2 Å². The Labute approximate surface area is 113 Å². The van der Waals surface area contributed by atoms with Crippen LogP contribution in [-0.4, -0.2) is 16.1 Å². The van der Waals surface area contributed by atoms with E-state index in [2.05, 4.69) is 18.8 Å². The van der Waals surface area contributed by atoms with Gasteiger partial charge in [-0.3, -0.25) is 9.78 Å². The zero-order valence-electron chi connectivity index (χ0n) is 11.3. The molecule has 100 valence electrons. The first-order valence-corrected chi connectivity index (χ1v) is 6.63. The Bertz CT molecular complexity index is 572. The topological polar surface area (TPSA) is 50.2 Å². The van der Waals surface area contributed by atoms with Crippen molar-refractivity contribution in [1.29, 1.82) is 0 Å². The second kappa shape index (κ2) is 5.83. The highest BCUT2D eigenvalue weighted by Crippen LogP contribution is 2.23. The molecule has 2 rings (SSSR count). The van der Waals surface area contributed by atoms with Crippen LogP contribution < -0.4 is 0 Å². The first-order chi connectivity index (χ1) is 9.08. The number of rotatable bonds is 5. The van der Waals surface area contributed by atoms with Gasteiger partial charge in [0.05, 0.1) is 11.4 Å². The van der Waals surface area contributed by atoms with Gasteiger partial charge in [-0.25, -0.2) is 0 Å². The van der Waals surface area contributed by atoms with Crippen LogP contribution in [0.3, 0.4) is 0 Å². The Kier molecular flexibility index (Phi) is 4.15. The molecule has 3 heteroatoms. The molecule has 1 unspecified atom stereocenters. The molecule has 1 aromatic heterocycles. The molecular weight excluding hydrogens is 238 g/mol. The maximum Gasteiger partial charge on any atom is 0.306 e. The van der Waals surface area contributed by atoms with Crippen molar-refractivity contribution in [2.45, 2.75) is 26.7 Å². The molecule has 0 aliphatic carbocycles. The normalized spacial score (nSPS) is 12.8. The summed E-state index contributed by atoms with van der Waals surface area (Å²) < 4.78 is 0. The molecule has 2 aromatic rings. The highest BCUT2D eigenvalue weighted by Gasteiger charge is 2.20. The highest BCUT2D eigenvalue weighted by molar-refractivity contribution is 5.82. The van der Waals surface area contributed by atoms with Crippen LogP contribution in [0.1, 0.15) is 25.8 Å². The number of aliphatic carboxylic acids is 1. The van der Waals surface area contributed by atoms with Crippen molar-refractivity contribution < 1.29 is 9.90 Å². The molecule has 1 N–H and O–H groups in total. The SMILES string of the molecule is CC(C)CC(Cc1cccc2ncccc12)C(=O)O. The van der Waals surface area contributed by atoms with Gasteiger partial charge in [0.25, 0.3) is 0 Å². The van der Waals surface area contributed by atoms with Crippen molar-refractivity contribution in [3.63, 3.8) is 0 Å². The van der Waals surface area contributed by atoms with Crippen LogP contribution in [0.5, 0.6) is 0 Å². The molecule has 3 nitrogen and oxygen atoms in total. The Balaban J connectivity index is 2.31. The molecule has 0 aliphatic rings. The van der Waals surface area contributed by atoms with Crippen molar-refractivity contribution >= 4 is 16.9 Å². The quantitative estimate of drug-likeness (QED) is 0.891. The third-order valence-electron chi connectivity index (χ3n) is 3.31. The molecule has 0 saturated heterocycles. The van der Waals surface area contributed by atoms with E-state index in [0.717, 1.165) is 16.5 Å². The summed E-state index contributed by atoms with van der Waals surface area (Å²) in [5, 5.41) is 10.4. The van der Waals surface area contributed by atoms with E-state index in [-0.39, 0.29) is 5.92 Å². The van der Waals surface area contributed by atoms with Crippen LogP contribution in [0.25, 0.3) is 10.9 Å². The van der Waals surface area contributed by atoms with Gasteiger partial charge >= 0.3 is 5.97 Å². The van der Waals surface area contributed by atoms with Gasteiger partial charge in [-0.1, -0.05) is 32.0 Å². The molecule has 0 bridgehead atoms. The number of hydrogen-bond acceptors (Lipinski definition) is 2. The van der Waals surface area contributed by atoms with Crippen molar-refractivity contribution in [2.24, 2.45) is 11.8 Å². The lowest BCUT2D eigenvalue weighted by Crippen LogP contribution is -2.18. The minimum absolute atomic E-state index is 0.328. The lowest BCUT2D eigenvalue weighted by molar-refractivity contribution is -0.142. The zero-order valence-corrected chi connectivity index (χ0v) is 11.3. The summed E-state index contributed by atoms with van der Waals surface area (Å²) >= 11 is 0. The number of pyridine rings is 1. The second-order valence-electron chi connectivity index (χ2n) is 5.36. The average Bonchev–Trinajstić information content (AvgIpc) is 2.37. The molecule has 1 heterocycles. The van der Waals surface area contributed by atoms with E-state index in [1.54, 1.807) is 6.20 Å². The highest BCUT2D eigenvalue weighted by atomic mass is 16.4. The van der Waals surface area contributed by atoms with Crippen molar-refractivity contribution in [1.82, 2.24) is 4.98 Å². The number of carbonyl (C=O) groups is 1. The van der Waals surface area contributed by atoms with Gasteiger partial charge in [0.15, 0.2) is 0 Å². The van der Waals surface area contributed by atoms with E-state index in [4.69, 9.17) is 0 Å². The average molecular weight is 257 g/mol. The van der Waals surface area contributed by atoms with Crippen LogP contribution in [0.2, 0.25) is 0 Å². The molecule has 0 amide bonds. The summed E-state index contributed by atoms with van der Waals surface area (Å²) in [6.07, 6.45) is 3.03. The number of carboxylic acid groups (broad SMARTS) is 1. The molecule has 0 fully saturated rings. The lowest BCUT2D eigenvalue weighted by atomic mass is 9.90. The molecule has 0 saturated carbocycles. The van der Waals surface area contributed by atoms with E-state index in [0.29, 0.717) is 18.8 Å². The summed E-state index contributed by atoms with van der Waals surface area (Å²) in [7, 11) is 0. The maximum absolute atomic E-state index is 11.4. The zero-order chi connectivity index (χ0) is 13.8. The number of nitrogens with zero attached hydrogens (tertiary/aromatic N) is 1. The number of aromatic nitrogens is 1. The number of benzene rings is 1. The van der Waals surface area contributed by atoms with Crippen LogP contribution in [0, 0.1) is 11.8 Å². The standard InChI is InChI=1S/C16H19NO2/c1-11(2)9-13(16(18)19)10-12-5-3-7-15-14(12)6-4-8-17-15/h3-8,11,13H,9-10H2,1-2H3,(H,18,19). The summed E-state index contributed by atoms with van der Waals surface area (Å²) in [6.45, 7) is 4.11. The van der Waals surface area contributed by atoms with E-state index in [1.165, 1.54) is 0 Å². The Hall–Kier alpha value is -1.90. The van der Waals surface area contributed by atoms with Gasteiger partial charge < -0.3 is 5.11 Å². The summed E-state index contributed by atoms with van der Waals surface area (Å²) in [6, 6.07) is 9.80. The smallest absolute Gasteiger partial charge is 0.306 e. The third kappa shape index (κ3) is 3.31. The minimum Gasteiger partial charge on any atom is -0.481 e. The largest absolute Gasteiger partial charge is 0.481 e. The minimum atomic E-state index is -0.713. The fourth-order valence-corrected chi connectivity index (χ4v) is 2.45. The summed E-state index contributed by atoms with van der Waals surface area (Å²) in [5.74, 6) is -0.658. The Morgan fingerprint density at radius 1 is 1.26 bits per heavy atom. The molecule has 0 spiro atoms. The van der Waals surface area contributed by atoms with Gasteiger partial charge in [-0.05, 0) is 36.5 Å². The van der Waals surface area contributed by atoms with Crippen LogP contribution in [0.15, 0.2) is 36.5 Å². The molecule has 1 aromatic carbocycles. The van der Waals surface area contributed by atoms with Crippen molar-refractivity contribution in [3.05, 3.63) is 42.1 Å². The maximum atomic E-state index is 11.4. The number of hydrogen-bond donors (Lipinski definition) is 1. The molecule has 0 radical (unpaired) electrons. The van der Waals surface area contributed by atoms with Gasteiger partial charge in [-0.2, -0.15) is 0 Å². The Morgan fingerprint density at radius 2 is 2.05 bits per heavy atom. The van der Waals surface area contributed by atoms with Crippen LogP contribution in [0.4, 0.5) is 0 Å². The second-order valence-corrected chi connectivity index (χ2v) is 5.36. The molecular formula is C16H19NO2. The fraction of sp³-hybridized carbons (Fsp3) is 0.375. The summed E-state index contributed by atoms with van der Waals surface area (Å²) in [4.78, 5) is 15.7. The molecule has 19 heavy (non-hydrogen) atoms. The first kappa shape index (κ1) is 13.5. The predicted octanol–water partition coefficient (Wildman–Crippen LogP) is 3.52. The number of fused-ring (bicyclic) bond motifs is 1. The van der Waals surface area contributed by atoms with Gasteiger partial charge in [0, 0.05) is 11.6 Å². The molecule has 1 atom stereocenters. The van der Waals surface area contributed by atoms with E-state index in [9.17, 15) is 9.90 Å². The van der Waals surface area contributed by atoms with Crippen molar-refractivity contribution in [2.75, 3.05) is 0 Å². The van der Waals surface area contributed by atoms with Crippen molar-refractivity contribution in [3.8, 4) is 0 Å². The predicted molar refractivity (Wildman–Crippen MR) is 76.0 cm³/mol. The third-order valence-corrected chi connectivity index (χ3v) is 3.31. The lowest BCUT2D eigenvalue weighted by Gasteiger charge is -2.15. The molecule has 0 aliphatic heterocycles. The van der Waals surface area contributed by atoms with Gasteiger partial charge in [-0.15, -0.1) is 0 Å². The van der Waals surface area contributed by atoms with Crippen LogP contribution >= 0.6 is 0 Å². The fourth-order valence-electron chi connectivity index (χ4n) is 2.45.